The largest absolute Gasteiger partial charge is 0.480 e. The zero-order valence-corrected chi connectivity index (χ0v) is 23.1. The summed E-state index contributed by atoms with van der Waals surface area (Å²) in [5, 5.41) is 44.1. The van der Waals surface area contributed by atoms with Crippen LogP contribution >= 0.6 is 21.6 Å². The highest BCUT2D eigenvalue weighted by Gasteiger charge is 2.25. The van der Waals surface area contributed by atoms with Gasteiger partial charge in [-0.25, -0.2) is 0 Å². The lowest BCUT2D eigenvalue weighted by Crippen LogP contribution is -2.50. The van der Waals surface area contributed by atoms with Gasteiger partial charge in [-0.05, 0) is 12.8 Å². The Morgan fingerprint density at radius 3 is 1.20 bits per heavy atom. The molecule has 19 nitrogen and oxygen atoms in total. The van der Waals surface area contributed by atoms with Crippen LogP contribution in [-0.4, -0.2) is 122 Å². The maximum absolute atomic E-state index is 12.4. The van der Waals surface area contributed by atoms with Gasteiger partial charge < -0.3 is 58.6 Å². The van der Waals surface area contributed by atoms with Gasteiger partial charge in [0.1, 0.15) is 37.3 Å². The second-order valence-corrected chi connectivity index (χ2v) is 10.6. The minimum Gasteiger partial charge on any atom is -0.480 e. The molecule has 0 heterocycles. The van der Waals surface area contributed by atoms with Gasteiger partial charge in [0.15, 0.2) is 0 Å². The Balaban J connectivity index is 0. The quantitative estimate of drug-likeness (QED) is 0.0420. The monoisotopic (exact) mass is 630 g/mol. The second kappa shape index (κ2) is 21.1. The van der Waals surface area contributed by atoms with Gasteiger partial charge in [0, 0.05) is 24.3 Å². The van der Waals surface area contributed by atoms with Crippen LogP contribution in [0.5, 0.6) is 0 Å². The highest BCUT2D eigenvalue weighted by Crippen LogP contribution is 2.23. The van der Waals surface area contributed by atoms with Crippen molar-refractivity contribution >= 4 is 69.1 Å². The summed E-state index contributed by atoms with van der Waals surface area (Å²) in [6.07, 6.45) is -1.12. The van der Waals surface area contributed by atoms with Gasteiger partial charge in [-0.3, -0.25) is 38.4 Å². The molecule has 0 aliphatic rings. The first-order chi connectivity index (χ1) is 18.6. The van der Waals surface area contributed by atoms with Gasteiger partial charge in [-0.2, -0.15) is 0 Å². The molecule has 0 fully saturated rings. The average molecular weight is 631 g/mol. The van der Waals surface area contributed by atoms with E-state index in [0.29, 0.717) is 0 Å². The van der Waals surface area contributed by atoms with Gasteiger partial charge in [0.25, 0.3) is 0 Å². The fourth-order valence-corrected chi connectivity index (χ4v) is 4.85. The smallest absolute Gasteiger partial charge is 0.322 e. The summed E-state index contributed by atoms with van der Waals surface area (Å²) < 4.78 is 0. The van der Waals surface area contributed by atoms with Crippen LogP contribution in [0.15, 0.2) is 0 Å². The number of carbonyl (C=O) groups excluding carboxylic acids is 4. The minimum atomic E-state index is -1.34. The molecule has 234 valence electrons. The van der Waals surface area contributed by atoms with Gasteiger partial charge in [-0.15, -0.1) is 0 Å². The fraction of sp³-hybridized carbons (Fsp3) is 0.600. The van der Waals surface area contributed by atoms with E-state index in [0.717, 1.165) is 21.6 Å². The zero-order valence-electron chi connectivity index (χ0n) is 21.5. The van der Waals surface area contributed by atoms with Crippen molar-refractivity contribution < 1.29 is 64.3 Å². The van der Waals surface area contributed by atoms with E-state index in [-0.39, 0.29) is 42.7 Å². The molecule has 0 aromatic rings. The van der Waals surface area contributed by atoms with Crippen molar-refractivity contribution in [2.75, 3.05) is 24.6 Å². The fourth-order valence-electron chi connectivity index (χ4n) is 2.52. The second-order valence-electron chi connectivity index (χ2n) is 8.00. The molecule has 0 radical (unpaired) electrons. The standard InChI is InChI=1S/C20H32N6O12S2.H2O/c21-9(19(35)36)1-3-13(27)25-11(17(33)23-5-15(29)30)7-39-40-8-12(18(34)24-6-16(31)32)26-14(28)4-2-10(22)20(37)38;/h9-12H,1-8,21-22H2,(H,23,33)(H,24,34)(H,25,27)(H,26,28)(H,29,30)(H,31,32)(H,35,36)(H,37,38);1H2. The predicted octanol–water partition coefficient (Wildman–Crippen LogP) is -4.70. The maximum atomic E-state index is 12.4. The number of hydrogen-bond acceptors (Lipinski definition) is 12. The molecular formula is C20H34N6O13S2. The third-order valence-corrected chi connectivity index (χ3v) is 7.11. The van der Waals surface area contributed by atoms with E-state index >= 15 is 0 Å². The molecular weight excluding hydrogens is 596 g/mol. The van der Waals surface area contributed by atoms with E-state index in [4.69, 9.17) is 31.9 Å². The molecule has 0 aromatic heterocycles. The number of carboxylic acid groups (broad SMARTS) is 4. The van der Waals surface area contributed by atoms with Crippen LogP contribution in [-0.2, 0) is 38.4 Å². The SMILES string of the molecule is NC(CCC(=O)NC(CSSCC(NC(=O)CCC(N)C(=O)O)C(=O)NCC(=O)O)C(=O)NCC(=O)O)C(=O)O.O. The molecule has 4 amide bonds. The van der Waals surface area contributed by atoms with Crippen LogP contribution < -0.4 is 32.7 Å². The molecule has 41 heavy (non-hydrogen) atoms. The number of hydrogen-bond donors (Lipinski definition) is 10. The number of rotatable bonds is 21. The number of carboxylic acids is 4. The highest BCUT2D eigenvalue weighted by molar-refractivity contribution is 8.76. The number of nitrogens with one attached hydrogen (secondary N) is 4. The molecule has 0 aromatic carbocycles. The third-order valence-electron chi connectivity index (χ3n) is 4.68. The predicted molar refractivity (Wildman–Crippen MR) is 143 cm³/mol. The number of nitrogens with two attached hydrogens (primary N) is 2. The van der Waals surface area contributed by atoms with E-state index in [1.807, 2.05) is 0 Å². The molecule has 0 aliphatic heterocycles. The van der Waals surface area contributed by atoms with Crippen molar-refractivity contribution in [2.45, 2.75) is 49.9 Å². The molecule has 0 bridgehead atoms. The molecule has 14 N–H and O–H groups in total. The number of aliphatic carboxylic acids is 4. The summed E-state index contributed by atoms with van der Waals surface area (Å²) >= 11 is 0. The molecule has 21 heteroatoms. The van der Waals surface area contributed by atoms with E-state index < -0.39 is 84.8 Å². The molecule has 4 atom stereocenters. The van der Waals surface area contributed by atoms with Crippen molar-refractivity contribution in [3.63, 3.8) is 0 Å². The van der Waals surface area contributed by atoms with Crippen LogP contribution in [0.3, 0.4) is 0 Å². The van der Waals surface area contributed by atoms with Gasteiger partial charge in [0.2, 0.25) is 23.6 Å². The lowest BCUT2D eigenvalue weighted by molar-refractivity contribution is -0.140. The normalized spacial score (nSPS) is 13.2. The first-order valence-corrected chi connectivity index (χ1v) is 13.9. The molecule has 0 rings (SSSR count). The Morgan fingerprint density at radius 1 is 0.610 bits per heavy atom. The summed E-state index contributed by atoms with van der Waals surface area (Å²) in [5.41, 5.74) is 10.7. The van der Waals surface area contributed by atoms with Crippen molar-refractivity contribution in [1.29, 1.82) is 0 Å². The molecule has 0 spiro atoms. The minimum absolute atomic E-state index is 0. The van der Waals surface area contributed by atoms with Crippen LogP contribution in [0.4, 0.5) is 0 Å². The van der Waals surface area contributed by atoms with Crippen LogP contribution in [0.2, 0.25) is 0 Å². The summed E-state index contributed by atoms with van der Waals surface area (Å²) in [6.45, 7) is -1.48. The molecule has 0 saturated carbocycles. The van der Waals surface area contributed by atoms with Gasteiger partial charge in [-0.1, -0.05) is 21.6 Å². The highest BCUT2D eigenvalue weighted by atomic mass is 33.1. The van der Waals surface area contributed by atoms with Crippen LogP contribution in [0.1, 0.15) is 25.7 Å². The van der Waals surface area contributed by atoms with E-state index in [1.165, 1.54) is 0 Å². The van der Waals surface area contributed by atoms with Crippen molar-refractivity contribution in [3.8, 4) is 0 Å². The van der Waals surface area contributed by atoms with E-state index in [2.05, 4.69) is 21.3 Å². The maximum Gasteiger partial charge on any atom is 0.322 e. The average Bonchev–Trinajstić information content (AvgIpc) is 2.87. The Kier molecular flexibility index (Phi) is 20.4. The number of carbonyl (C=O) groups is 8. The Morgan fingerprint density at radius 2 is 0.927 bits per heavy atom. The van der Waals surface area contributed by atoms with Crippen molar-refractivity contribution in [3.05, 3.63) is 0 Å². The van der Waals surface area contributed by atoms with Crippen molar-refractivity contribution in [2.24, 2.45) is 11.5 Å². The Bertz CT molecular complexity index is 881. The zero-order chi connectivity index (χ0) is 30.8. The first-order valence-electron chi connectivity index (χ1n) is 11.4. The summed E-state index contributed by atoms with van der Waals surface area (Å²) in [4.78, 5) is 92.3. The lowest BCUT2D eigenvalue weighted by Gasteiger charge is -2.20. The molecule has 4 unspecified atom stereocenters. The van der Waals surface area contributed by atoms with E-state index in [1.54, 1.807) is 0 Å². The third kappa shape index (κ3) is 19.1. The summed E-state index contributed by atoms with van der Waals surface area (Å²) in [5.74, 6) is -8.81. The molecule has 0 saturated heterocycles. The van der Waals surface area contributed by atoms with Gasteiger partial charge in [0.05, 0.1) is 0 Å². The first kappa shape index (κ1) is 39.5. The molecule has 0 aliphatic carbocycles. The Labute approximate surface area is 240 Å². The van der Waals surface area contributed by atoms with Crippen LogP contribution in [0, 0.1) is 0 Å². The van der Waals surface area contributed by atoms with Crippen LogP contribution in [0.25, 0.3) is 0 Å². The lowest BCUT2D eigenvalue weighted by atomic mass is 10.1. The topological polar surface area (TPSA) is 349 Å². The number of amides is 4. The Hall–Kier alpha value is -3.66. The van der Waals surface area contributed by atoms with E-state index in [9.17, 15) is 38.4 Å². The summed E-state index contributed by atoms with van der Waals surface area (Å²) in [6, 6.07) is -5.16. The van der Waals surface area contributed by atoms with Crippen molar-refractivity contribution in [1.82, 2.24) is 21.3 Å². The van der Waals surface area contributed by atoms with Gasteiger partial charge >= 0.3 is 23.9 Å². The summed E-state index contributed by atoms with van der Waals surface area (Å²) in [7, 11) is 1.89.